The number of anilines is 1. The molecule has 1 aromatic carbocycles. The first-order valence-corrected chi connectivity index (χ1v) is 5.91. The van der Waals surface area contributed by atoms with Gasteiger partial charge in [-0.05, 0) is 12.1 Å². The van der Waals surface area contributed by atoms with Crippen molar-refractivity contribution in [3.8, 4) is 0 Å². The van der Waals surface area contributed by atoms with Gasteiger partial charge in [0.25, 0.3) is 0 Å². The third-order valence-electron chi connectivity index (χ3n) is 1.49. The van der Waals surface area contributed by atoms with Crippen LogP contribution in [0.5, 0.6) is 0 Å². The fourth-order valence-electron chi connectivity index (χ4n) is 0.968. The minimum absolute atomic E-state index is 0.357. The molecule has 0 radical (unpaired) electrons. The van der Waals surface area contributed by atoms with Crippen LogP contribution in [0.15, 0.2) is 30.3 Å². The Kier molecular flexibility index (Phi) is 3.28. The van der Waals surface area contributed by atoms with E-state index in [1.54, 1.807) is 30.3 Å². The summed E-state index contributed by atoms with van der Waals surface area (Å²) in [6.07, 6.45) is 0.936. The summed E-state index contributed by atoms with van der Waals surface area (Å²) in [4.78, 5) is 13.0. The molecule has 0 aliphatic rings. The van der Waals surface area contributed by atoms with E-state index in [2.05, 4.69) is 0 Å². The number of amides is 2. The highest BCUT2D eigenvalue weighted by molar-refractivity contribution is 7.88. The minimum atomic E-state index is -3.54. The molecule has 1 aromatic rings. The van der Waals surface area contributed by atoms with Crippen molar-refractivity contribution in [3.63, 3.8) is 0 Å². The Morgan fingerprint density at radius 3 is 2.27 bits per heavy atom. The smallest absolute Gasteiger partial charge is 0.334 e. The molecule has 0 saturated heterocycles. The molecule has 1 rings (SSSR count). The van der Waals surface area contributed by atoms with Crippen LogP contribution in [-0.2, 0) is 10.0 Å². The molecular formula is C8H11N3O3S. The number of carbonyl (C=O) groups is 1. The number of benzene rings is 1. The summed E-state index contributed by atoms with van der Waals surface area (Å²) >= 11 is 0. The Morgan fingerprint density at radius 1 is 1.33 bits per heavy atom. The number of hydrogen-bond acceptors (Lipinski definition) is 3. The number of hydrazine groups is 1. The van der Waals surface area contributed by atoms with Gasteiger partial charge in [0.15, 0.2) is 0 Å². The maximum Gasteiger partial charge on any atom is 0.334 e. The average molecular weight is 229 g/mol. The monoisotopic (exact) mass is 229 g/mol. The molecule has 0 unspecified atom stereocenters. The van der Waals surface area contributed by atoms with Gasteiger partial charge in [-0.2, -0.15) is 0 Å². The van der Waals surface area contributed by atoms with E-state index in [0.29, 0.717) is 5.69 Å². The number of hydrogen-bond donors (Lipinski definition) is 2. The molecule has 0 spiro atoms. The zero-order chi connectivity index (χ0) is 11.5. The molecule has 0 aromatic heterocycles. The summed E-state index contributed by atoms with van der Waals surface area (Å²) in [5.41, 5.74) is 5.39. The summed E-state index contributed by atoms with van der Waals surface area (Å²) in [6.45, 7) is 0. The second kappa shape index (κ2) is 4.28. The van der Waals surface area contributed by atoms with Crippen LogP contribution in [0.4, 0.5) is 10.5 Å². The minimum Gasteiger partial charge on any atom is -0.350 e. The van der Waals surface area contributed by atoms with Crippen LogP contribution < -0.4 is 15.6 Å². The van der Waals surface area contributed by atoms with E-state index in [4.69, 9.17) is 5.73 Å². The van der Waals surface area contributed by atoms with Gasteiger partial charge in [0.1, 0.15) is 0 Å². The molecular weight excluding hydrogens is 218 g/mol. The van der Waals surface area contributed by atoms with Crippen molar-refractivity contribution < 1.29 is 13.2 Å². The van der Waals surface area contributed by atoms with Crippen molar-refractivity contribution in [1.82, 2.24) is 4.83 Å². The van der Waals surface area contributed by atoms with Crippen molar-refractivity contribution >= 4 is 21.7 Å². The number of primary amides is 1. The predicted molar refractivity (Wildman–Crippen MR) is 56.5 cm³/mol. The summed E-state index contributed by atoms with van der Waals surface area (Å²) in [6, 6.07) is 7.28. The zero-order valence-electron chi connectivity index (χ0n) is 8.04. The van der Waals surface area contributed by atoms with Crippen molar-refractivity contribution in [2.24, 2.45) is 5.73 Å². The van der Waals surface area contributed by atoms with Crippen molar-refractivity contribution in [1.29, 1.82) is 0 Å². The summed E-state index contributed by atoms with van der Waals surface area (Å²) in [7, 11) is -3.54. The molecule has 0 aliphatic heterocycles. The molecule has 0 atom stereocenters. The number of carbonyl (C=O) groups excluding carboxylic acids is 1. The van der Waals surface area contributed by atoms with E-state index < -0.39 is 16.1 Å². The molecule has 0 heterocycles. The quantitative estimate of drug-likeness (QED) is 0.716. The Bertz CT molecular complexity index is 443. The highest BCUT2D eigenvalue weighted by Crippen LogP contribution is 2.10. The summed E-state index contributed by atoms with van der Waals surface area (Å²) in [5, 5.41) is 0.759. The number of nitrogens with zero attached hydrogens (tertiary/aromatic N) is 1. The molecule has 3 N–H and O–H groups in total. The van der Waals surface area contributed by atoms with Crippen LogP contribution >= 0.6 is 0 Å². The van der Waals surface area contributed by atoms with Gasteiger partial charge in [0.05, 0.1) is 11.9 Å². The Labute approximate surface area is 87.7 Å². The van der Waals surface area contributed by atoms with Gasteiger partial charge in [-0.1, -0.05) is 18.2 Å². The number of para-hydroxylation sites is 1. The molecule has 6 nitrogen and oxygen atoms in total. The van der Waals surface area contributed by atoms with Crippen LogP contribution in [0.2, 0.25) is 0 Å². The average Bonchev–Trinajstić information content (AvgIpc) is 2.14. The SMILES string of the molecule is CS(=O)(=O)NN(C(N)=O)c1ccccc1. The number of sulfonamides is 1. The third-order valence-corrected chi connectivity index (χ3v) is 2.01. The van der Waals surface area contributed by atoms with Gasteiger partial charge in [-0.25, -0.2) is 18.2 Å². The van der Waals surface area contributed by atoms with E-state index in [1.165, 1.54) is 0 Å². The van der Waals surface area contributed by atoms with E-state index >= 15 is 0 Å². The number of nitrogens with two attached hydrogens (primary N) is 1. The number of urea groups is 1. The first-order valence-electron chi connectivity index (χ1n) is 4.02. The van der Waals surface area contributed by atoms with Crippen LogP contribution in [0.3, 0.4) is 0 Å². The second-order valence-corrected chi connectivity index (χ2v) is 4.60. The van der Waals surface area contributed by atoms with Crippen molar-refractivity contribution in [2.45, 2.75) is 0 Å². The maximum absolute atomic E-state index is 11.0. The topological polar surface area (TPSA) is 92.5 Å². The van der Waals surface area contributed by atoms with Crippen LogP contribution in [0, 0.1) is 0 Å². The summed E-state index contributed by atoms with van der Waals surface area (Å²) < 4.78 is 21.9. The molecule has 0 aliphatic carbocycles. The predicted octanol–water partition coefficient (Wildman–Crippen LogP) is 0.0359. The Balaban J connectivity index is 3.00. The van der Waals surface area contributed by atoms with Crippen molar-refractivity contribution in [2.75, 3.05) is 11.3 Å². The third kappa shape index (κ3) is 3.56. The largest absolute Gasteiger partial charge is 0.350 e. The molecule has 15 heavy (non-hydrogen) atoms. The highest BCUT2D eigenvalue weighted by atomic mass is 32.2. The second-order valence-electron chi connectivity index (χ2n) is 2.87. The Morgan fingerprint density at radius 2 is 1.87 bits per heavy atom. The standard InChI is InChI=1S/C8H11N3O3S/c1-15(13,14)10-11(8(9)12)7-5-3-2-4-6-7/h2-6,10H,1H3,(H2,9,12). The zero-order valence-corrected chi connectivity index (χ0v) is 8.86. The molecule has 0 fully saturated rings. The van der Waals surface area contributed by atoms with Crippen LogP contribution in [-0.4, -0.2) is 20.7 Å². The van der Waals surface area contributed by atoms with Gasteiger partial charge in [0, 0.05) is 0 Å². The van der Waals surface area contributed by atoms with E-state index in [1.807, 2.05) is 4.83 Å². The highest BCUT2D eigenvalue weighted by Gasteiger charge is 2.15. The van der Waals surface area contributed by atoms with E-state index in [9.17, 15) is 13.2 Å². The van der Waals surface area contributed by atoms with E-state index in [-0.39, 0.29) is 0 Å². The lowest BCUT2D eigenvalue weighted by atomic mass is 10.3. The number of nitrogens with one attached hydrogen (secondary N) is 1. The fourth-order valence-corrected chi connectivity index (χ4v) is 1.49. The molecule has 0 saturated carbocycles. The molecule has 82 valence electrons. The van der Waals surface area contributed by atoms with Gasteiger partial charge in [-0.15, -0.1) is 4.83 Å². The molecule has 0 bridgehead atoms. The maximum atomic E-state index is 11.0. The first-order chi connectivity index (χ1) is 6.90. The van der Waals surface area contributed by atoms with Crippen LogP contribution in [0.25, 0.3) is 0 Å². The van der Waals surface area contributed by atoms with Gasteiger partial charge < -0.3 is 5.73 Å². The van der Waals surface area contributed by atoms with E-state index in [0.717, 1.165) is 11.3 Å². The fraction of sp³-hybridized carbons (Fsp3) is 0.125. The lowest BCUT2D eigenvalue weighted by Gasteiger charge is -2.19. The van der Waals surface area contributed by atoms with Gasteiger partial charge >= 0.3 is 6.03 Å². The lowest BCUT2D eigenvalue weighted by molar-refractivity contribution is 0.253. The first kappa shape index (κ1) is 11.5. The molecule has 2 amide bonds. The van der Waals surface area contributed by atoms with Gasteiger partial charge in [-0.3, -0.25) is 0 Å². The Hall–Kier alpha value is -1.60. The summed E-state index contributed by atoms with van der Waals surface area (Å²) in [5.74, 6) is 0. The lowest BCUT2D eigenvalue weighted by Crippen LogP contribution is -2.48. The number of rotatable bonds is 3. The normalized spacial score (nSPS) is 11.0. The molecule has 7 heteroatoms. The van der Waals surface area contributed by atoms with Crippen molar-refractivity contribution in [3.05, 3.63) is 30.3 Å². The van der Waals surface area contributed by atoms with Gasteiger partial charge in [0.2, 0.25) is 10.0 Å². The van der Waals surface area contributed by atoms with Crippen LogP contribution in [0.1, 0.15) is 0 Å².